The Balaban J connectivity index is 1.78. The van der Waals surface area contributed by atoms with Gasteiger partial charge in [0, 0.05) is 5.69 Å². The highest BCUT2D eigenvalue weighted by Gasteiger charge is 2.29. The predicted molar refractivity (Wildman–Crippen MR) is 96.7 cm³/mol. The number of aromatic amines is 1. The summed E-state index contributed by atoms with van der Waals surface area (Å²) in [5, 5.41) is 2.98. The van der Waals surface area contributed by atoms with Crippen LogP contribution in [0, 0.1) is 0 Å². The van der Waals surface area contributed by atoms with Gasteiger partial charge in [-0.2, -0.15) is 0 Å². The number of H-pyrrole nitrogens is 1. The number of hydrogen-bond donors (Lipinski definition) is 2. The number of carbonyl (C=O) groups excluding carboxylic acids is 1. The van der Waals surface area contributed by atoms with Crippen LogP contribution in [-0.2, 0) is 6.54 Å². The maximum absolute atomic E-state index is 13.3. The second-order valence-corrected chi connectivity index (χ2v) is 6.28. The quantitative estimate of drug-likeness (QED) is 0.711. The lowest BCUT2D eigenvalue weighted by atomic mass is 10.2. The minimum absolute atomic E-state index is 0.0268. The van der Waals surface area contributed by atoms with Crippen LogP contribution in [0.5, 0.6) is 5.88 Å². The Morgan fingerprint density at radius 3 is 2.96 bits per heavy atom. The highest BCUT2D eigenvalue weighted by Crippen LogP contribution is 2.28. The Kier molecular flexibility index (Phi) is 4.02. The van der Waals surface area contributed by atoms with Crippen LogP contribution in [-0.4, -0.2) is 45.0 Å². The van der Waals surface area contributed by atoms with E-state index in [-0.39, 0.29) is 42.5 Å². The minimum Gasteiger partial charge on any atom is -0.475 e. The van der Waals surface area contributed by atoms with E-state index in [1.807, 2.05) is 0 Å². The number of alkyl halides is 1. The number of amides is 1. The molecule has 0 saturated heterocycles. The largest absolute Gasteiger partial charge is 0.475 e. The molecule has 27 heavy (non-hydrogen) atoms. The molecular weight excluding hydrogens is 355 g/mol. The van der Waals surface area contributed by atoms with Gasteiger partial charge in [-0.3, -0.25) is 19.4 Å². The van der Waals surface area contributed by atoms with Crippen LogP contribution in [0.25, 0.3) is 10.9 Å². The number of aromatic nitrogens is 4. The molecule has 1 amide bonds. The smallest absolute Gasteiger partial charge is 0.272 e. The number of carbonyl (C=O) groups is 1. The SMILES string of the molecule is CC(F)Cn1[nH]c(=O)c2cc(N3CCOc4ncnc(N)c4C3=O)ccc21. The summed E-state index contributed by atoms with van der Waals surface area (Å²) in [6, 6.07) is 4.96. The number of nitrogens with two attached hydrogens (primary N) is 1. The van der Waals surface area contributed by atoms with Gasteiger partial charge in [0.25, 0.3) is 11.5 Å². The summed E-state index contributed by atoms with van der Waals surface area (Å²) >= 11 is 0. The molecule has 0 bridgehead atoms. The van der Waals surface area contributed by atoms with Gasteiger partial charge in [0.2, 0.25) is 5.88 Å². The number of rotatable bonds is 3. The van der Waals surface area contributed by atoms with Crippen LogP contribution < -0.4 is 20.9 Å². The summed E-state index contributed by atoms with van der Waals surface area (Å²) in [6.07, 6.45) is 0.122. The summed E-state index contributed by atoms with van der Waals surface area (Å²) in [5.74, 6) is -0.246. The zero-order valence-electron chi connectivity index (χ0n) is 14.5. The topological polar surface area (TPSA) is 119 Å². The van der Waals surface area contributed by atoms with Crippen molar-refractivity contribution in [3.05, 3.63) is 40.4 Å². The molecule has 0 saturated carbocycles. The normalized spacial score (nSPS) is 15.3. The van der Waals surface area contributed by atoms with Crippen molar-refractivity contribution in [3.63, 3.8) is 0 Å². The first-order chi connectivity index (χ1) is 13.0. The zero-order chi connectivity index (χ0) is 19.1. The Bertz CT molecular complexity index is 1090. The summed E-state index contributed by atoms with van der Waals surface area (Å²) in [5.41, 5.74) is 6.64. The fourth-order valence-corrected chi connectivity index (χ4v) is 3.16. The van der Waals surface area contributed by atoms with Crippen LogP contribution in [0.1, 0.15) is 17.3 Å². The molecule has 10 heteroatoms. The maximum atomic E-state index is 13.3. The summed E-state index contributed by atoms with van der Waals surface area (Å²) in [4.78, 5) is 34.5. The Hall–Kier alpha value is -3.43. The molecule has 4 rings (SSSR count). The van der Waals surface area contributed by atoms with Gasteiger partial charge in [-0.25, -0.2) is 14.4 Å². The van der Waals surface area contributed by atoms with Gasteiger partial charge < -0.3 is 15.4 Å². The number of fused-ring (bicyclic) bond motifs is 2. The standard InChI is InChI=1S/C17H17FN6O3/c1-9(18)7-24-12-3-2-10(6-11(12)15(25)22-24)23-4-5-27-16-13(17(23)26)14(19)20-8-21-16/h2-3,6,8-9H,4-5,7H2,1H3,(H,22,25)(H2,19,20,21). The van der Waals surface area contributed by atoms with E-state index >= 15 is 0 Å². The van der Waals surface area contributed by atoms with Gasteiger partial charge >= 0.3 is 0 Å². The molecule has 0 fully saturated rings. The van der Waals surface area contributed by atoms with E-state index in [0.29, 0.717) is 16.6 Å². The van der Waals surface area contributed by atoms with Crippen molar-refractivity contribution in [1.82, 2.24) is 19.7 Å². The molecule has 2 aromatic heterocycles. The molecule has 9 nitrogen and oxygen atoms in total. The molecule has 0 aliphatic carbocycles. The lowest BCUT2D eigenvalue weighted by molar-refractivity contribution is 0.0990. The summed E-state index contributed by atoms with van der Waals surface area (Å²) in [6.45, 7) is 1.92. The number of ether oxygens (including phenoxy) is 1. The third kappa shape index (κ3) is 2.88. The van der Waals surface area contributed by atoms with Crippen LogP contribution in [0.4, 0.5) is 15.9 Å². The molecule has 1 aliphatic heterocycles. The molecule has 140 valence electrons. The van der Waals surface area contributed by atoms with E-state index in [9.17, 15) is 14.0 Å². The lowest BCUT2D eigenvalue weighted by Gasteiger charge is -2.20. The molecule has 1 unspecified atom stereocenters. The highest BCUT2D eigenvalue weighted by atomic mass is 19.1. The van der Waals surface area contributed by atoms with Crippen molar-refractivity contribution in [1.29, 1.82) is 0 Å². The van der Waals surface area contributed by atoms with E-state index < -0.39 is 12.1 Å². The van der Waals surface area contributed by atoms with Crippen molar-refractivity contribution in [3.8, 4) is 5.88 Å². The average molecular weight is 372 g/mol. The molecule has 3 aromatic rings. The van der Waals surface area contributed by atoms with Crippen molar-refractivity contribution >= 4 is 28.3 Å². The molecule has 1 atom stereocenters. The fraction of sp³-hybridized carbons (Fsp3) is 0.294. The number of hydrogen-bond acceptors (Lipinski definition) is 6. The van der Waals surface area contributed by atoms with Gasteiger partial charge in [0.15, 0.2) is 0 Å². The number of nitrogen functional groups attached to an aromatic ring is 1. The van der Waals surface area contributed by atoms with E-state index in [4.69, 9.17) is 10.5 Å². The van der Waals surface area contributed by atoms with Crippen molar-refractivity contribution < 1.29 is 13.9 Å². The first-order valence-corrected chi connectivity index (χ1v) is 8.37. The first-order valence-electron chi connectivity index (χ1n) is 8.37. The number of anilines is 2. The summed E-state index contributed by atoms with van der Waals surface area (Å²) in [7, 11) is 0. The third-order valence-electron chi connectivity index (χ3n) is 4.35. The second-order valence-electron chi connectivity index (χ2n) is 6.28. The van der Waals surface area contributed by atoms with Crippen LogP contribution in [0.15, 0.2) is 29.3 Å². The molecule has 3 heterocycles. The van der Waals surface area contributed by atoms with Gasteiger partial charge in [0.05, 0.1) is 24.0 Å². The number of halogens is 1. The molecule has 1 aliphatic rings. The van der Waals surface area contributed by atoms with Crippen molar-refractivity contribution in [2.45, 2.75) is 19.6 Å². The molecule has 1 aromatic carbocycles. The zero-order valence-corrected chi connectivity index (χ0v) is 14.5. The highest BCUT2D eigenvalue weighted by molar-refractivity contribution is 6.11. The molecule has 0 radical (unpaired) electrons. The average Bonchev–Trinajstić information content (AvgIpc) is 2.81. The summed E-state index contributed by atoms with van der Waals surface area (Å²) < 4.78 is 20.3. The molecule has 0 spiro atoms. The number of benzene rings is 1. The lowest BCUT2D eigenvalue weighted by Crippen LogP contribution is -2.32. The fourth-order valence-electron chi connectivity index (χ4n) is 3.16. The van der Waals surface area contributed by atoms with Crippen LogP contribution >= 0.6 is 0 Å². The Labute approximate surface area is 152 Å². The minimum atomic E-state index is -1.11. The number of nitrogens with one attached hydrogen (secondary N) is 1. The molecule has 3 N–H and O–H groups in total. The Morgan fingerprint density at radius 2 is 2.19 bits per heavy atom. The van der Waals surface area contributed by atoms with Gasteiger partial charge in [-0.05, 0) is 25.1 Å². The van der Waals surface area contributed by atoms with E-state index in [1.54, 1.807) is 18.2 Å². The monoisotopic (exact) mass is 372 g/mol. The van der Waals surface area contributed by atoms with Crippen LogP contribution in [0.3, 0.4) is 0 Å². The van der Waals surface area contributed by atoms with E-state index in [1.165, 1.54) is 22.8 Å². The number of nitrogens with zero attached hydrogens (tertiary/aromatic N) is 4. The first kappa shape index (κ1) is 17.0. The second kappa shape index (κ2) is 6.38. The van der Waals surface area contributed by atoms with Gasteiger partial charge in [-0.15, -0.1) is 0 Å². The molecular formula is C17H17FN6O3. The maximum Gasteiger partial charge on any atom is 0.272 e. The van der Waals surface area contributed by atoms with E-state index in [2.05, 4.69) is 15.1 Å². The van der Waals surface area contributed by atoms with Crippen molar-refractivity contribution in [2.75, 3.05) is 23.8 Å². The Morgan fingerprint density at radius 1 is 1.37 bits per heavy atom. The third-order valence-corrected chi connectivity index (χ3v) is 4.35. The van der Waals surface area contributed by atoms with Gasteiger partial charge in [-0.1, -0.05) is 0 Å². The van der Waals surface area contributed by atoms with Gasteiger partial charge in [0.1, 0.15) is 30.5 Å². The van der Waals surface area contributed by atoms with Crippen LogP contribution in [0.2, 0.25) is 0 Å². The van der Waals surface area contributed by atoms with Crippen molar-refractivity contribution in [2.24, 2.45) is 0 Å². The van der Waals surface area contributed by atoms with E-state index in [0.717, 1.165) is 0 Å². The predicted octanol–water partition coefficient (Wildman–Crippen LogP) is 1.10.